The largest absolute Gasteiger partial charge is 0.464 e. The third-order valence-electron chi connectivity index (χ3n) is 4.09. The van der Waals surface area contributed by atoms with E-state index in [1.54, 1.807) is 23.9 Å². The SMILES string of the molecule is Cc1ccc(CN(C)C(=O)CN(C)C(C)c2ccc(F)c(F)c2)o1. The van der Waals surface area contributed by atoms with Crippen molar-refractivity contribution in [1.82, 2.24) is 9.80 Å². The summed E-state index contributed by atoms with van der Waals surface area (Å²) in [7, 11) is 3.48. The Hall–Kier alpha value is -2.21. The Morgan fingerprint density at radius 3 is 2.46 bits per heavy atom. The van der Waals surface area contributed by atoms with Crippen molar-refractivity contribution in [2.24, 2.45) is 0 Å². The number of hydrogen-bond acceptors (Lipinski definition) is 3. The molecular formula is C18H22F2N2O2. The van der Waals surface area contributed by atoms with Gasteiger partial charge in [-0.2, -0.15) is 0 Å². The molecule has 0 saturated heterocycles. The molecule has 1 atom stereocenters. The van der Waals surface area contributed by atoms with E-state index in [4.69, 9.17) is 4.42 Å². The van der Waals surface area contributed by atoms with E-state index in [1.807, 2.05) is 26.0 Å². The number of nitrogens with zero attached hydrogens (tertiary/aromatic N) is 2. The fraction of sp³-hybridized carbons (Fsp3) is 0.389. The number of halogens is 2. The van der Waals surface area contributed by atoms with Crippen molar-refractivity contribution in [3.05, 3.63) is 59.1 Å². The Morgan fingerprint density at radius 2 is 1.88 bits per heavy atom. The van der Waals surface area contributed by atoms with Crippen LogP contribution in [0.25, 0.3) is 0 Å². The molecule has 1 heterocycles. The third-order valence-corrected chi connectivity index (χ3v) is 4.09. The maximum Gasteiger partial charge on any atom is 0.236 e. The molecule has 0 aliphatic carbocycles. The molecule has 130 valence electrons. The highest BCUT2D eigenvalue weighted by Gasteiger charge is 2.19. The van der Waals surface area contributed by atoms with Crippen LogP contribution in [0.15, 0.2) is 34.7 Å². The van der Waals surface area contributed by atoms with Crippen LogP contribution < -0.4 is 0 Å². The Bertz CT molecular complexity index is 715. The van der Waals surface area contributed by atoms with Crippen molar-refractivity contribution in [2.45, 2.75) is 26.4 Å². The smallest absolute Gasteiger partial charge is 0.236 e. The molecule has 0 aliphatic rings. The van der Waals surface area contributed by atoms with Gasteiger partial charge in [-0.3, -0.25) is 9.69 Å². The Balaban J connectivity index is 1.95. The van der Waals surface area contributed by atoms with Gasteiger partial charge < -0.3 is 9.32 Å². The van der Waals surface area contributed by atoms with E-state index in [9.17, 15) is 13.6 Å². The Morgan fingerprint density at radius 1 is 1.17 bits per heavy atom. The maximum absolute atomic E-state index is 13.4. The minimum atomic E-state index is -0.885. The lowest BCUT2D eigenvalue weighted by Crippen LogP contribution is -2.37. The number of amides is 1. The molecule has 1 amide bonds. The fourth-order valence-electron chi connectivity index (χ4n) is 2.39. The molecule has 0 saturated carbocycles. The van der Waals surface area contributed by atoms with Crippen molar-refractivity contribution < 1.29 is 18.0 Å². The summed E-state index contributed by atoms with van der Waals surface area (Å²) in [6.07, 6.45) is 0. The highest BCUT2D eigenvalue weighted by atomic mass is 19.2. The second kappa shape index (κ2) is 7.57. The molecule has 0 N–H and O–H groups in total. The molecule has 1 aromatic carbocycles. The van der Waals surface area contributed by atoms with Gasteiger partial charge in [-0.05, 0) is 50.7 Å². The zero-order valence-corrected chi connectivity index (χ0v) is 14.3. The number of rotatable bonds is 6. The van der Waals surface area contributed by atoms with Crippen LogP contribution in [0, 0.1) is 18.6 Å². The average Bonchev–Trinajstić information content (AvgIpc) is 2.94. The van der Waals surface area contributed by atoms with Gasteiger partial charge in [0, 0.05) is 13.1 Å². The molecule has 0 aliphatic heterocycles. The van der Waals surface area contributed by atoms with Gasteiger partial charge in [-0.1, -0.05) is 6.07 Å². The lowest BCUT2D eigenvalue weighted by molar-refractivity contribution is -0.132. The van der Waals surface area contributed by atoms with E-state index in [1.165, 1.54) is 6.07 Å². The number of hydrogen-bond donors (Lipinski definition) is 0. The zero-order valence-electron chi connectivity index (χ0n) is 14.3. The number of furan rings is 1. The number of likely N-dealkylation sites (N-methyl/N-ethyl adjacent to an activating group) is 2. The summed E-state index contributed by atoms with van der Waals surface area (Å²) in [5, 5.41) is 0. The fourth-order valence-corrected chi connectivity index (χ4v) is 2.39. The van der Waals surface area contributed by atoms with Crippen LogP contribution in [0.5, 0.6) is 0 Å². The van der Waals surface area contributed by atoms with E-state index in [-0.39, 0.29) is 18.5 Å². The summed E-state index contributed by atoms with van der Waals surface area (Å²) in [6.45, 7) is 4.24. The van der Waals surface area contributed by atoms with Crippen LogP contribution in [0.3, 0.4) is 0 Å². The van der Waals surface area contributed by atoms with Gasteiger partial charge in [0.2, 0.25) is 5.91 Å². The molecule has 1 unspecified atom stereocenters. The zero-order chi connectivity index (χ0) is 17.9. The predicted molar refractivity (Wildman–Crippen MR) is 87.3 cm³/mol. The minimum absolute atomic E-state index is 0.0824. The van der Waals surface area contributed by atoms with Crippen molar-refractivity contribution in [3.8, 4) is 0 Å². The molecule has 4 nitrogen and oxygen atoms in total. The van der Waals surface area contributed by atoms with Crippen molar-refractivity contribution in [3.63, 3.8) is 0 Å². The molecular weight excluding hydrogens is 314 g/mol. The lowest BCUT2D eigenvalue weighted by Gasteiger charge is -2.26. The molecule has 1 aromatic heterocycles. The first-order chi connectivity index (χ1) is 11.3. The quantitative estimate of drug-likeness (QED) is 0.810. The van der Waals surface area contributed by atoms with Crippen LogP contribution >= 0.6 is 0 Å². The number of carbonyl (C=O) groups is 1. The van der Waals surface area contributed by atoms with E-state index >= 15 is 0 Å². The summed E-state index contributed by atoms with van der Waals surface area (Å²) >= 11 is 0. The number of benzene rings is 1. The molecule has 0 fully saturated rings. The summed E-state index contributed by atoms with van der Waals surface area (Å²) in [4.78, 5) is 15.7. The van der Waals surface area contributed by atoms with Crippen LogP contribution in [0.2, 0.25) is 0 Å². The molecule has 2 aromatic rings. The second-order valence-electron chi connectivity index (χ2n) is 6.03. The molecule has 6 heteroatoms. The van der Waals surface area contributed by atoms with Gasteiger partial charge in [-0.15, -0.1) is 0 Å². The topological polar surface area (TPSA) is 36.7 Å². The van der Waals surface area contributed by atoms with Gasteiger partial charge in [0.1, 0.15) is 11.5 Å². The highest BCUT2D eigenvalue weighted by Crippen LogP contribution is 2.21. The van der Waals surface area contributed by atoms with E-state index < -0.39 is 11.6 Å². The van der Waals surface area contributed by atoms with Crippen LogP contribution in [-0.4, -0.2) is 36.3 Å². The third kappa shape index (κ3) is 4.41. The van der Waals surface area contributed by atoms with Crippen molar-refractivity contribution in [2.75, 3.05) is 20.6 Å². The summed E-state index contributed by atoms with van der Waals surface area (Å²) in [6, 6.07) is 7.26. The van der Waals surface area contributed by atoms with Crippen LogP contribution in [0.4, 0.5) is 8.78 Å². The Labute approximate surface area is 140 Å². The van der Waals surface area contributed by atoms with Crippen LogP contribution in [0.1, 0.15) is 30.0 Å². The minimum Gasteiger partial charge on any atom is -0.464 e. The van der Waals surface area contributed by atoms with Gasteiger partial charge in [-0.25, -0.2) is 8.78 Å². The standard InChI is InChI=1S/C18H22F2N2O2/c1-12-5-7-15(24-12)10-22(4)18(23)11-21(3)13(2)14-6-8-16(19)17(20)9-14/h5-9,13H,10-11H2,1-4H3. The number of carbonyl (C=O) groups excluding carboxylic acids is 1. The highest BCUT2D eigenvalue weighted by molar-refractivity contribution is 5.77. The van der Waals surface area contributed by atoms with Crippen molar-refractivity contribution in [1.29, 1.82) is 0 Å². The lowest BCUT2D eigenvalue weighted by atomic mass is 10.1. The van der Waals surface area contributed by atoms with E-state index in [0.29, 0.717) is 12.1 Å². The monoisotopic (exact) mass is 336 g/mol. The maximum atomic E-state index is 13.4. The summed E-state index contributed by atoms with van der Waals surface area (Å²) in [5.41, 5.74) is 0.619. The Kier molecular flexibility index (Phi) is 5.72. The van der Waals surface area contributed by atoms with Gasteiger partial charge >= 0.3 is 0 Å². The first-order valence-electron chi connectivity index (χ1n) is 7.72. The molecule has 0 radical (unpaired) electrons. The average molecular weight is 336 g/mol. The molecule has 0 spiro atoms. The second-order valence-corrected chi connectivity index (χ2v) is 6.03. The van der Waals surface area contributed by atoms with Crippen molar-refractivity contribution >= 4 is 5.91 Å². The van der Waals surface area contributed by atoms with Gasteiger partial charge in [0.15, 0.2) is 11.6 Å². The van der Waals surface area contributed by atoms with Gasteiger partial charge in [0.25, 0.3) is 0 Å². The first kappa shape index (κ1) is 18.1. The molecule has 0 bridgehead atoms. The summed E-state index contributed by atoms with van der Waals surface area (Å²) < 4.78 is 31.9. The number of aryl methyl sites for hydroxylation is 1. The van der Waals surface area contributed by atoms with Gasteiger partial charge in [0.05, 0.1) is 13.1 Å². The molecule has 2 rings (SSSR count). The first-order valence-corrected chi connectivity index (χ1v) is 7.72. The predicted octanol–water partition coefficient (Wildman–Crippen LogP) is 3.52. The summed E-state index contributed by atoms with van der Waals surface area (Å²) in [5.74, 6) is -0.321. The van der Waals surface area contributed by atoms with E-state index in [2.05, 4.69) is 0 Å². The normalized spacial score (nSPS) is 12.5. The molecule has 24 heavy (non-hydrogen) atoms. The van der Waals surface area contributed by atoms with E-state index in [0.717, 1.165) is 23.7 Å². The van der Waals surface area contributed by atoms with Crippen LogP contribution in [-0.2, 0) is 11.3 Å².